The fourth-order valence-electron chi connectivity index (χ4n) is 3.63. The second-order valence-corrected chi connectivity index (χ2v) is 6.93. The van der Waals surface area contributed by atoms with Gasteiger partial charge in [0, 0.05) is 18.7 Å². The highest BCUT2D eigenvalue weighted by molar-refractivity contribution is 5.85. The molecule has 0 unspecified atom stereocenters. The van der Waals surface area contributed by atoms with Gasteiger partial charge in [-0.2, -0.15) is 0 Å². The van der Waals surface area contributed by atoms with Gasteiger partial charge in [0.05, 0.1) is 24.2 Å². The number of aromatic nitrogens is 3. The highest BCUT2D eigenvalue weighted by Crippen LogP contribution is 2.27. The molecule has 28 heavy (non-hydrogen) atoms. The molecule has 7 heteroatoms. The fraction of sp³-hybridized carbons (Fsp3) is 0.286. The van der Waals surface area contributed by atoms with Gasteiger partial charge in [-0.05, 0) is 37.3 Å². The number of fused-ring (bicyclic) bond motifs is 2. The van der Waals surface area contributed by atoms with Crippen LogP contribution in [0, 0.1) is 6.92 Å². The zero-order valence-electron chi connectivity index (χ0n) is 15.6. The van der Waals surface area contributed by atoms with Gasteiger partial charge < -0.3 is 18.6 Å². The summed E-state index contributed by atoms with van der Waals surface area (Å²) in [6.45, 7) is 4.70. The van der Waals surface area contributed by atoms with Gasteiger partial charge in [0.15, 0.2) is 5.58 Å². The molecule has 0 N–H and O–H groups in total. The van der Waals surface area contributed by atoms with E-state index in [1.54, 1.807) is 0 Å². The van der Waals surface area contributed by atoms with Crippen molar-refractivity contribution in [1.29, 1.82) is 0 Å². The van der Waals surface area contributed by atoms with Crippen molar-refractivity contribution in [2.75, 3.05) is 26.3 Å². The van der Waals surface area contributed by atoms with Crippen molar-refractivity contribution in [3.63, 3.8) is 0 Å². The van der Waals surface area contributed by atoms with E-state index in [2.05, 4.69) is 9.97 Å². The summed E-state index contributed by atoms with van der Waals surface area (Å²) in [4.78, 5) is 23.7. The number of amides is 1. The molecule has 142 valence electrons. The summed E-state index contributed by atoms with van der Waals surface area (Å²) in [5.41, 5.74) is 4.21. The zero-order valence-corrected chi connectivity index (χ0v) is 15.6. The molecule has 1 amide bonds. The van der Waals surface area contributed by atoms with Gasteiger partial charge in [0.1, 0.15) is 17.9 Å². The van der Waals surface area contributed by atoms with Crippen LogP contribution in [0.1, 0.15) is 5.82 Å². The minimum atomic E-state index is 0.0914. The van der Waals surface area contributed by atoms with Crippen LogP contribution < -0.4 is 0 Å². The number of morpholine rings is 1. The molecule has 1 fully saturated rings. The van der Waals surface area contributed by atoms with E-state index in [4.69, 9.17) is 9.15 Å². The minimum absolute atomic E-state index is 0.0914. The predicted octanol–water partition coefficient (Wildman–Crippen LogP) is 3.01. The first-order valence-corrected chi connectivity index (χ1v) is 9.37. The van der Waals surface area contributed by atoms with Crippen molar-refractivity contribution in [1.82, 2.24) is 19.4 Å². The van der Waals surface area contributed by atoms with Crippen molar-refractivity contribution in [3.8, 4) is 11.5 Å². The smallest absolute Gasteiger partial charge is 0.242 e. The van der Waals surface area contributed by atoms with Crippen molar-refractivity contribution in [2.24, 2.45) is 0 Å². The van der Waals surface area contributed by atoms with E-state index in [9.17, 15) is 4.79 Å². The molecule has 0 bridgehead atoms. The molecule has 0 spiro atoms. The molecule has 1 aliphatic rings. The third-order valence-corrected chi connectivity index (χ3v) is 5.14. The maximum atomic E-state index is 12.6. The first kappa shape index (κ1) is 16.9. The van der Waals surface area contributed by atoms with Crippen LogP contribution >= 0.6 is 0 Å². The Bertz CT molecular complexity index is 1140. The van der Waals surface area contributed by atoms with Crippen LogP contribution in [0.5, 0.6) is 0 Å². The van der Waals surface area contributed by atoms with Gasteiger partial charge in [-0.3, -0.25) is 4.79 Å². The summed E-state index contributed by atoms with van der Waals surface area (Å²) >= 11 is 0. The van der Waals surface area contributed by atoms with Gasteiger partial charge >= 0.3 is 0 Å². The molecule has 0 saturated carbocycles. The number of hydrogen-bond donors (Lipinski definition) is 0. The first-order valence-electron chi connectivity index (χ1n) is 9.37. The second-order valence-electron chi connectivity index (χ2n) is 6.93. The lowest BCUT2D eigenvalue weighted by atomic mass is 10.2. The zero-order chi connectivity index (χ0) is 19.1. The van der Waals surface area contributed by atoms with E-state index < -0.39 is 0 Å². The average Bonchev–Trinajstić information content (AvgIpc) is 3.29. The summed E-state index contributed by atoms with van der Waals surface area (Å²) in [6, 6.07) is 13.6. The van der Waals surface area contributed by atoms with E-state index in [0.29, 0.717) is 32.2 Å². The molecule has 0 atom stereocenters. The Morgan fingerprint density at radius 3 is 2.71 bits per heavy atom. The summed E-state index contributed by atoms with van der Waals surface area (Å²) in [5, 5.41) is 0. The topological polar surface area (TPSA) is 73.4 Å². The van der Waals surface area contributed by atoms with Gasteiger partial charge in [-0.25, -0.2) is 9.97 Å². The summed E-state index contributed by atoms with van der Waals surface area (Å²) < 4.78 is 13.2. The number of rotatable bonds is 3. The Morgan fingerprint density at radius 1 is 1.07 bits per heavy atom. The Labute approximate surface area is 161 Å². The van der Waals surface area contributed by atoms with Gasteiger partial charge in [-0.15, -0.1) is 0 Å². The van der Waals surface area contributed by atoms with E-state index in [1.807, 2.05) is 58.9 Å². The first-order chi connectivity index (χ1) is 13.7. The highest BCUT2D eigenvalue weighted by atomic mass is 16.5. The number of benzene rings is 2. The molecule has 2 aromatic heterocycles. The van der Waals surface area contributed by atoms with Crippen LogP contribution in [0.3, 0.4) is 0 Å². The van der Waals surface area contributed by atoms with Gasteiger partial charge in [-0.1, -0.05) is 12.1 Å². The number of imidazole rings is 1. The van der Waals surface area contributed by atoms with Crippen LogP contribution in [-0.4, -0.2) is 51.6 Å². The lowest BCUT2D eigenvalue weighted by molar-refractivity contribution is -0.135. The quantitative estimate of drug-likeness (QED) is 0.550. The van der Waals surface area contributed by atoms with Crippen LogP contribution in [0.2, 0.25) is 0 Å². The monoisotopic (exact) mass is 376 g/mol. The Kier molecular flexibility index (Phi) is 4.09. The van der Waals surface area contributed by atoms with Crippen LogP contribution in [0.4, 0.5) is 0 Å². The van der Waals surface area contributed by atoms with Gasteiger partial charge in [0.2, 0.25) is 11.8 Å². The SMILES string of the molecule is Cc1nc2cc(-c3nc4ccccc4o3)ccc2n1CC(=O)N1CCOCC1. The summed E-state index contributed by atoms with van der Waals surface area (Å²) in [7, 11) is 0. The van der Waals surface area contributed by atoms with Crippen molar-refractivity contribution in [2.45, 2.75) is 13.5 Å². The number of carbonyl (C=O) groups is 1. The number of nitrogens with zero attached hydrogens (tertiary/aromatic N) is 4. The molecule has 5 rings (SSSR count). The van der Waals surface area contributed by atoms with E-state index in [-0.39, 0.29) is 12.5 Å². The van der Waals surface area contributed by atoms with Crippen LogP contribution in [-0.2, 0) is 16.1 Å². The van der Waals surface area contributed by atoms with E-state index >= 15 is 0 Å². The maximum Gasteiger partial charge on any atom is 0.242 e. The number of carbonyl (C=O) groups excluding carboxylic acids is 1. The summed E-state index contributed by atoms with van der Waals surface area (Å²) in [5.74, 6) is 1.47. The number of oxazole rings is 1. The lowest BCUT2D eigenvalue weighted by Crippen LogP contribution is -2.42. The van der Waals surface area contributed by atoms with Crippen LogP contribution in [0.25, 0.3) is 33.6 Å². The Hall–Kier alpha value is -3.19. The van der Waals surface area contributed by atoms with E-state index in [0.717, 1.165) is 33.5 Å². The van der Waals surface area contributed by atoms with E-state index in [1.165, 1.54) is 0 Å². The van der Waals surface area contributed by atoms with Crippen molar-refractivity contribution in [3.05, 3.63) is 48.3 Å². The Balaban J connectivity index is 1.47. The molecular formula is C21H20N4O3. The van der Waals surface area contributed by atoms with Gasteiger partial charge in [0.25, 0.3) is 0 Å². The number of para-hydroxylation sites is 2. The molecule has 4 aromatic rings. The predicted molar refractivity (Wildman–Crippen MR) is 105 cm³/mol. The number of aryl methyl sites for hydroxylation is 1. The lowest BCUT2D eigenvalue weighted by Gasteiger charge is -2.27. The molecular weight excluding hydrogens is 356 g/mol. The Morgan fingerprint density at radius 2 is 1.89 bits per heavy atom. The second kappa shape index (κ2) is 6.76. The molecule has 1 aliphatic heterocycles. The third-order valence-electron chi connectivity index (χ3n) is 5.14. The molecule has 0 radical (unpaired) electrons. The number of ether oxygens (including phenoxy) is 1. The molecule has 3 heterocycles. The fourth-order valence-corrected chi connectivity index (χ4v) is 3.63. The van der Waals surface area contributed by atoms with Crippen molar-refractivity contribution < 1.29 is 13.9 Å². The average molecular weight is 376 g/mol. The minimum Gasteiger partial charge on any atom is -0.436 e. The molecule has 2 aromatic carbocycles. The number of hydrogen-bond acceptors (Lipinski definition) is 5. The highest BCUT2D eigenvalue weighted by Gasteiger charge is 2.19. The largest absolute Gasteiger partial charge is 0.436 e. The van der Waals surface area contributed by atoms with Crippen molar-refractivity contribution >= 4 is 28.0 Å². The molecule has 1 saturated heterocycles. The van der Waals surface area contributed by atoms with Crippen LogP contribution in [0.15, 0.2) is 46.9 Å². The molecule has 7 nitrogen and oxygen atoms in total. The third kappa shape index (κ3) is 2.93. The normalized spacial score (nSPS) is 14.8. The standard InChI is InChI=1S/C21H20N4O3/c1-14-22-17-12-15(21-23-16-4-2-3-5-19(16)28-21)6-7-18(17)25(14)13-20(26)24-8-10-27-11-9-24/h2-7,12H,8-11,13H2,1H3. The molecule has 0 aliphatic carbocycles. The summed E-state index contributed by atoms with van der Waals surface area (Å²) in [6.07, 6.45) is 0. The maximum absolute atomic E-state index is 12.6.